The van der Waals surface area contributed by atoms with E-state index in [4.69, 9.17) is 4.52 Å². The van der Waals surface area contributed by atoms with Crippen molar-refractivity contribution in [3.05, 3.63) is 18.0 Å². The van der Waals surface area contributed by atoms with Crippen LogP contribution in [0.5, 0.6) is 0 Å². The van der Waals surface area contributed by atoms with Crippen molar-refractivity contribution in [2.45, 2.75) is 25.2 Å². The van der Waals surface area contributed by atoms with Crippen molar-refractivity contribution in [3.63, 3.8) is 0 Å². The third-order valence-electron chi connectivity index (χ3n) is 2.03. The second-order valence-electron chi connectivity index (χ2n) is 2.94. The fourth-order valence-corrected chi connectivity index (χ4v) is 0.961. The van der Waals surface area contributed by atoms with Gasteiger partial charge in [0, 0.05) is 11.5 Å². The van der Waals surface area contributed by atoms with Gasteiger partial charge in [-0.15, -0.1) is 0 Å². The van der Waals surface area contributed by atoms with Gasteiger partial charge in [0.2, 0.25) is 0 Å². The van der Waals surface area contributed by atoms with Crippen molar-refractivity contribution in [3.8, 4) is 0 Å². The molecule has 1 heterocycles. The van der Waals surface area contributed by atoms with E-state index >= 15 is 0 Å². The van der Waals surface area contributed by atoms with E-state index in [0.29, 0.717) is 5.41 Å². The van der Waals surface area contributed by atoms with Gasteiger partial charge in [0.25, 0.3) is 0 Å². The molecule has 1 aliphatic carbocycles. The van der Waals surface area contributed by atoms with Gasteiger partial charge in [-0.2, -0.15) is 0 Å². The van der Waals surface area contributed by atoms with Crippen LogP contribution in [0.2, 0.25) is 0 Å². The van der Waals surface area contributed by atoms with E-state index in [0.717, 1.165) is 5.76 Å². The highest BCUT2D eigenvalue weighted by atomic mass is 16.5. The minimum absolute atomic E-state index is 0.344. The van der Waals surface area contributed by atoms with Gasteiger partial charge >= 0.3 is 0 Å². The van der Waals surface area contributed by atoms with Crippen molar-refractivity contribution >= 4 is 0 Å². The maximum Gasteiger partial charge on any atom is 0.142 e. The number of hydrogen-bond acceptors (Lipinski definition) is 2. The first kappa shape index (κ1) is 5.03. The molecule has 1 aromatic rings. The summed E-state index contributed by atoms with van der Waals surface area (Å²) in [5.74, 6) is 1.04. The molecular weight excluding hydrogens is 114 g/mol. The Morgan fingerprint density at radius 1 is 1.67 bits per heavy atom. The molecule has 1 aromatic heterocycles. The highest BCUT2D eigenvalue weighted by Gasteiger charge is 2.42. The summed E-state index contributed by atoms with van der Waals surface area (Å²) in [6.45, 7) is 2.20. The molecule has 9 heavy (non-hydrogen) atoms. The molecule has 1 fully saturated rings. The van der Waals surface area contributed by atoms with Crippen LogP contribution in [-0.4, -0.2) is 5.16 Å². The van der Waals surface area contributed by atoms with Crippen molar-refractivity contribution in [2.75, 3.05) is 0 Å². The fraction of sp³-hybridized carbons (Fsp3) is 0.571. The summed E-state index contributed by atoms with van der Waals surface area (Å²) in [6, 6.07) is 1.95. The monoisotopic (exact) mass is 123 g/mol. The fourth-order valence-electron chi connectivity index (χ4n) is 0.961. The second kappa shape index (κ2) is 1.38. The molecule has 1 aliphatic rings. The van der Waals surface area contributed by atoms with Crippen LogP contribution in [0.1, 0.15) is 25.5 Å². The summed E-state index contributed by atoms with van der Waals surface area (Å²) in [7, 11) is 0. The zero-order chi connectivity index (χ0) is 6.32. The first-order chi connectivity index (χ1) is 4.31. The molecule has 48 valence electrons. The van der Waals surface area contributed by atoms with E-state index < -0.39 is 0 Å². The highest BCUT2D eigenvalue weighted by molar-refractivity contribution is 5.17. The van der Waals surface area contributed by atoms with Gasteiger partial charge < -0.3 is 4.52 Å². The lowest BCUT2D eigenvalue weighted by molar-refractivity contribution is 0.359. The Bertz CT molecular complexity index is 199. The van der Waals surface area contributed by atoms with Crippen LogP contribution in [0.25, 0.3) is 0 Å². The molecular formula is C7H9NO. The molecule has 0 radical (unpaired) electrons. The van der Waals surface area contributed by atoms with Crippen molar-refractivity contribution < 1.29 is 4.52 Å². The van der Waals surface area contributed by atoms with Crippen molar-refractivity contribution in [2.24, 2.45) is 0 Å². The normalized spacial score (nSPS) is 21.9. The standard InChI is InChI=1S/C7H9NO/c1-7(3-4-7)6-2-5-8-9-6/h2,5H,3-4H2,1H3. The van der Waals surface area contributed by atoms with Gasteiger partial charge in [0.15, 0.2) is 0 Å². The Hall–Kier alpha value is -0.790. The summed E-state index contributed by atoms with van der Waals surface area (Å²) in [6.07, 6.45) is 4.21. The van der Waals surface area contributed by atoms with E-state index in [-0.39, 0.29) is 0 Å². The minimum Gasteiger partial charge on any atom is -0.361 e. The zero-order valence-electron chi connectivity index (χ0n) is 5.42. The molecule has 0 aromatic carbocycles. The topological polar surface area (TPSA) is 26.0 Å². The van der Waals surface area contributed by atoms with E-state index in [1.54, 1.807) is 6.20 Å². The predicted octanol–water partition coefficient (Wildman–Crippen LogP) is 1.73. The lowest BCUT2D eigenvalue weighted by Crippen LogP contribution is -1.95. The largest absolute Gasteiger partial charge is 0.361 e. The molecule has 0 bridgehead atoms. The Morgan fingerprint density at radius 3 is 2.89 bits per heavy atom. The highest BCUT2D eigenvalue weighted by Crippen LogP contribution is 2.47. The number of hydrogen-bond donors (Lipinski definition) is 0. The van der Waals surface area contributed by atoms with Crippen LogP contribution in [0.3, 0.4) is 0 Å². The summed E-state index contributed by atoms with van der Waals surface area (Å²) in [5, 5.41) is 3.65. The summed E-state index contributed by atoms with van der Waals surface area (Å²) >= 11 is 0. The van der Waals surface area contributed by atoms with Gasteiger partial charge in [-0.25, -0.2) is 0 Å². The molecule has 2 heteroatoms. The first-order valence-electron chi connectivity index (χ1n) is 3.22. The predicted molar refractivity (Wildman–Crippen MR) is 33.1 cm³/mol. The number of nitrogens with zero attached hydrogens (tertiary/aromatic N) is 1. The molecule has 0 aliphatic heterocycles. The molecule has 1 saturated carbocycles. The van der Waals surface area contributed by atoms with E-state index in [2.05, 4.69) is 12.1 Å². The molecule has 0 amide bonds. The first-order valence-corrected chi connectivity index (χ1v) is 3.22. The summed E-state index contributed by atoms with van der Waals surface area (Å²) in [4.78, 5) is 0. The quantitative estimate of drug-likeness (QED) is 0.568. The van der Waals surface area contributed by atoms with E-state index in [1.165, 1.54) is 12.8 Å². The van der Waals surface area contributed by atoms with Crippen molar-refractivity contribution in [1.29, 1.82) is 0 Å². The summed E-state index contributed by atoms with van der Waals surface area (Å²) in [5.41, 5.74) is 0.344. The molecule has 0 unspecified atom stereocenters. The molecule has 0 saturated heterocycles. The average molecular weight is 123 g/mol. The molecule has 2 nitrogen and oxygen atoms in total. The number of aromatic nitrogens is 1. The van der Waals surface area contributed by atoms with Gasteiger partial charge in [0.1, 0.15) is 5.76 Å². The Labute approximate surface area is 53.9 Å². The molecule has 0 N–H and O–H groups in total. The Morgan fingerprint density at radius 2 is 2.44 bits per heavy atom. The molecule has 2 rings (SSSR count). The maximum atomic E-state index is 5.01. The van der Waals surface area contributed by atoms with Crippen LogP contribution in [0.4, 0.5) is 0 Å². The van der Waals surface area contributed by atoms with Gasteiger partial charge in [-0.05, 0) is 12.8 Å². The average Bonchev–Trinajstić information content (AvgIpc) is 2.46. The smallest absolute Gasteiger partial charge is 0.142 e. The van der Waals surface area contributed by atoms with Gasteiger partial charge in [-0.1, -0.05) is 12.1 Å². The lowest BCUT2D eigenvalue weighted by Gasteiger charge is -1.98. The molecule has 0 atom stereocenters. The van der Waals surface area contributed by atoms with Crippen LogP contribution in [0, 0.1) is 0 Å². The Balaban J connectivity index is 2.34. The maximum absolute atomic E-state index is 5.01. The third-order valence-corrected chi connectivity index (χ3v) is 2.03. The van der Waals surface area contributed by atoms with Crippen LogP contribution in [0.15, 0.2) is 16.8 Å². The van der Waals surface area contributed by atoms with E-state index in [9.17, 15) is 0 Å². The summed E-state index contributed by atoms with van der Waals surface area (Å²) < 4.78 is 5.01. The SMILES string of the molecule is CC1(c2ccno2)CC1. The Kier molecular flexibility index (Phi) is 0.770. The van der Waals surface area contributed by atoms with Crippen molar-refractivity contribution in [1.82, 2.24) is 5.16 Å². The van der Waals surface area contributed by atoms with Crippen LogP contribution >= 0.6 is 0 Å². The van der Waals surface area contributed by atoms with Crippen LogP contribution < -0.4 is 0 Å². The van der Waals surface area contributed by atoms with Gasteiger partial charge in [-0.3, -0.25) is 0 Å². The molecule has 0 spiro atoms. The second-order valence-corrected chi connectivity index (χ2v) is 2.94. The zero-order valence-corrected chi connectivity index (χ0v) is 5.42. The van der Waals surface area contributed by atoms with Crippen LogP contribution in [-0.2, 0) is 5.41 Å². The third kappa shape index (κ3) is 0.661. The van der Waals surface area contributed by atoms with Gasteiger partial charge in [0.05, 0.1) is 6.20 Å². The van der Waals surface area contributed by atoms with E-state index in [1.807, 2.05) is 6.07 Å². The minimum atomic E-state index is 0.344. The lowest BCUT2D eigenvalue weighted by atomic mass is 10.1. The number of rotatable bonds is 1.